The lowest BCUT2D eigenvalue weighted by atomic mass is 10.1. The normalized spacial score (nSPS) is 10.9. The second-order valence-corrected chi connectivity index (χ2v) is 5.87. The Morgan fingerprint density at radius 2 is 1.65 bits per heavy atom. The lowest BCUT2D eigenvalue weighted by molar-refractivity contribution is 0.104. The van der Waals surface area contributed by atoms with Crippen molar-refractivity contribution in [3.05, 3.63) is 71.4 Å². The Labute approximate surface area is 152 Å². The number of allylic oxidation sites excluding steroid dienone is 1. The molecule has 1 aromatic heterocycles. The molecule has 26 heavy (non-hydrogen) atoms. The standard InChI is InChI=1S/C21H20N2O3/c1-14-4-6-15(7-5-14)21(24)9-8-17-12-20(23-22-17)16-10-18(25-2)13-19(11-16)26-3/h4-13H,1-3H3,(H,22,23)/b9-8+. The summed E-state index contributed by atoms with van der Waals surface area (Å²) in [5.74, 6) is 1.33. The van der Waals surface area contributed by atoms with E-state index in [0.717, 1.165) is 22.5 Å². The topological polar surface area (TPSA) is 64.2 Å². The molecule has 132 valence electrons. The van der Waals surface area contributed by atoms with Crippen LogP contribution in [0.2, 0.25) is 0 Å². The molecule has 0 unspecified atom stereocenters. The predicted octanol–water partition coefficient (Wildman–Crippen LogP) is 4.30. The highest BCUT2D eigenvalue weighted by Crippen LogP contribution is 2.29. The molecule has 3 rings (SSSR count). The smallest absolute Gasteiger partial charge is 0.185 e. The van der Waals surface area contributed by atoms with E-state index < -0.39 is 0 Å². The molecule has 0 aliphatic carbocycles. The van der Waals surface area contributed by atoms with Gasteiger partial charge in [-0.3, -0.25) is 9.89 Å². The third kappa shape index (κ3) is 4.00. The fraction of sp³-hybridized carbons (Fsp3) is 0.143. The number of carbonyl (C=O) groups is 1. The van der Waals surface area contributed by atoms with Crippen molar-refractivity contribution < 1.29 is 14.3 Å². The average Bonchev–Trinajstić information content (AvgIpc) is 3.15. The Bertz CT molecular complexity index is 918. The van der Waals surface area contributed by atoms with Gasteiger partial charge in [-0.2, -0.15) is 5.10 Å². The van der Waals surface area contributed by atoms with Gasteiger partial charge in [0.1, 0.15) is 11.5 Å². The van der Waals surface area contributed by atoms with Crippen molar-refractivity contribution in [3.63, 3.8) is 0 Å². The molecule has 0 saturated carbocycles. The SMILES string of the molecule is COc1cc(OC)cc(-c2cc(/C=C/C(=O)c3ccc(C)cc3)[nH]n2)c1. The number of hydrogen-bond acceptors (Lipinski definition) is 4. The van der Waals surface area contributed by atoms with Crippen LogP contribution >= 0.6 is 0 Å². The Morgan fingerprint density at radius 1 is 1.00 bits per heavy atom. The fourth-order valence-electron chi connectivity index (χ4n) is 2.50. The summed E-state index contributed by atoms with van der Waals surface area (Å²) < 4.78 is 10.6. The Hall–Kier alpha value is -3.34. The van der Waals surface area contributed by atoms with Gasteiger partial charge in [0.15, 0.2) is 5.78 Å². The number of benzene rings is 2. The number of aromatic amines is 1. The van der Waals surface area contributed by atoms with Crippen molar-refractivity contribution in [2.24, 2.45) is 0 Å². The molecule has 1 heterocycles. The van der Waals surface area contributed by atoms with Crippen LogP contribution in [0.3, 0.4) is 0 Å². The fourth-order valence-corrected chi connectivity index (χ4v) is 2.50. The number of ketones is 1. The molecule has 2 aromatic carbocycles. The summed E-state index contributed by atoms with van der Waals surface area (Å²) in [5, 5.41) is 7.23. The van der Waals surface area contributed by atoms with Crippen LogP contribution in [0.25, 0.3) is 17.3 Å². The number of ether oxygens (including phenoxy) is 2. The molecule has 0 atom stereocenters. The van der Waals surface area contributed by atoms with Crippen molar-refractivity contribution in [2.75, 3.05) is 14.2 Å². The van der Waals surface area contributed by atoms with E-state index in [1.807, 2.05) is 49.4 Å². The highest BCUT2D eigenvalue weighted by Gasteiger charge is 2.08. The number of methoxy groups -OCH3 is 2. The van der Waals surface area contributed by atoms with Gasteiger partial charge in [-0.1, -0.05) is 29.8 Å². The maximum Gasteiger partial charge on any atom is 0.185 e. The molecule has 1 N–H and O–H groups in total. The van der Waals surface area contributed by atoms with Gasteiger partial charge in [-0.15, -0.1) is 0 Å². The van der Waals surface area contributed by atoms with Gasteiger partial charge < -0.3 is 9.47 Å². The second kappa shape index (κ2) is 7.70. The number of nitrogens with one attached hydrogen (secondary N) is 1. The quantitative estimate of drug-likeness (QED) is 0.533. The number of hydrogen-bond donors (Lipinski definition) is 1. The minimum atomic E-state index is -0.0517. The van der Waals surface area contributed by atoms with Crippen LogP contribution in [0.15, 0.2) is 54.6 Å². The Balaban J connectivity index is 1.79. The van der Waals surface area contributed by atoms with E-state index in [1.165, 1.54) is 6.08 Å². The molecule has 5 heteroatoms. The lowest BCUT2D eigenvalue weighted by Gasteiger charge is -2.06. The van der Waals surface area contributed by atoms with E-state index in [2.05, 4.69) is 10.2 Å². The molecule has 0 saturated heterocycles. The molecular formula is C21H20N2O3. The number of H-pyrrole nitrogens is 1. The molecule has 0 spiro atoms. The van der Waals surface area contributed by atoms with Crippen LogP contribution in [-0.2, 0) is 0 Å². The third-order valence-corrected chi connectivity index (χ3v) is 4.00. The van der Waals surface area contributed by atoms with Crippen LogP contribution in [0.4, 0.5) is 0 Å². The predicted molar refractivity (Wildman–Crippen MR) is 102 cm³/mol. The molecule has 0 amide bonds. The lowest BCUT2D eigenvalue weighted by Crippen LogP contribution is -1.93. The monoisotopic (exact) mass is 348 g/mol. The van der Waals surface area contributed by atoms with E-state index in [9.17, 15) is 4.79 Å². The molecule has 3 aromatic rings. The van der Waals surface area contributed by atoms with Crippen LogP contribution in [0.1, 0.15) is 21.6 Å². The van der Waals surface area contributed by atoms with Crippen LogP contribution in [0.5, 0.6) is 11.5 Å². The van der Waals surface area contributed by atoms with Gasteiger partial charge in [0.05, 0.1) is 25.6 Å². The Morgan fingerprint density at radius 3 is 2.27 bits per heavy atom. The van der Waals surface area contributed by atoms with Gasteiger partial charge >= 0.3 is 0 Å². The first kappa shape index (κ1) is 17.5. The summed E-state index contributed by atoms with van der Waals surface area (Å²) in [6.45, 7) is 1.99. The van der Waals surface area contributed by atoms with Gasteiger partial charge in [0.25, 0.3) is 0 Å². The van der Waals surface area contributed by atoms with E-state index in [0.29, 0.717) is 17.1 Å². The van der Waals surface area contributed by atoms with E-state index >= 15 is 0 Å². The van der Waals surface area contributed by atoms with E-state index in [-0.39, 0.29) is 5.78 Å². The van der Waals surface area contributed by atoms with Gasteiger partial charge in [0.2, 0.25) is 0 Å². The number of nitrogens with zero attached hydrogens (tertiary/aromatic N) is 1. The summed E-state index contributed by atoms with van der Waals surface area (Å²) in [4.78, 5) is 12.2. The van der Waals surface area contributed by atoms with Crippen molar-refractivity contribution in [2.45, 2.75) is 6.92 Å². The maximum atomic E-state index is 12.2. The van der Waals surface area contributed by atoms with E-state index in [1.54, 1.807) is 26.4 Å². The van der Waals surface area contributed by atoms with Gasteiger partial charge in [-0.05, 0) is 37.3 Å². The summed E-state index contributed by atoms with van der Waals surface area (Å²) in [6.07, 6.45) is 3.25. The minimum Gasteiger partial charge on any atom is -0.497 e. The van der Waals surface area contributed by atoms with Crippen LogP contribution < -0.4 is 9.47 Å². The van der Waals surface area contributed by atoms with Gasteiger partial charge in [-0.25, -0.2) is 0 Å². The zero-order valence-corrected chi connectivity index (χ0v) is 14.9. The summed E-state index contributed by atoms with van der Waals surface area (Å²) >= 11 is 0. The van der Waals surface area contributed by atoms with Crippen molar-refractivity contribution >= 4 is 11.9 Å². The summed E-state index contributed by atoms with van der Waals surface area (Å²) in [6, 6.07) is 14.9. The number of aromatic nitrogens is 2. The summed E-state index contributed by atoms with van der Waals surface area (Å²) in [5.41, 5.74) is 4.12. The highest BCUT2D eigenvalue weighted by molar-refractivity contribution is 6.06. The van der Waals surface area contributed by atoms with Crippen molar-refractivity contribution in [1.29, 1.82) is 0 Å². The first-order valence-electron chi connectivity index (χ1n) is 8.17. The first-order chi connectivity index (χ1) is 12.6. The van der Waals surface area contributed by atoms with E-state index in [4.69, 9.17) is 9.47 Å². The maximum absolute atomic E-state index is 12.2. The molecule has 0 fully saturated rings. The second-order valence-electron chi connectivity index (χ2n) is 5.87. The minimum absolute atomic E-state index is 0.0517. The number of aryl methyl sites for hydroxylation is 1. The molecule has 0 bridgehead atoms. The number of carbonyl (C=O) groups excluding carboxylic acids is 1. The molecule has 0 aliphatic heterocycles. The van der Waals surface area contributed by atoms with Crippen molar-refractivity contribution in [3.8, 4) is 22.8 Å². The molecule has 5 nitrogen and oxygen atoms in total. The van der Waals surface area contributed by atoms with Crippen LogP contribution in [-0.4, -0.2) is 30.2 Å². The largest absolute Gasteiger partial charge is 0.497 e. The highest BCUT2D eigenvalue weighted by atomic mass is 16.5. The van der Waals surface area contributed by atoms with Crippen LogP contribution in [0, 0.1) is 6.92 Å². The molecule has 0 aliphatic rings. The van der Waals surface area contributed by atoms with Gasteiger partial charge in [0, 0.05) is 17.2 Å². The molecule has 0 radical (unpaired) electrons. The zero-order valence-electron chi connectivity index (χ0n) is 14.9. The third-order valence-electron chi connectivity index (χ3n) is 4.00. The summed E-state index contributed by atoms with van der Waals surface area (Å²) in [7, 11) is 3.21. The molecular weight excluding hydrogens is 328 g/mol. The van der Waals surface area contributed by atoms with Crippen molar-refractivity contribution in [1.82, 2.24) is 10.2 Å². The zero-order chi connectivity index (χ0) is 18.5. The Kier molecular flexibility index (Phi) is 5.17. The number of rotatable bonds is 6. The first-order valence-corrected chi connectivity index (χ1v) is 8.17. The average molecular weight is 348 g/mol.